The van der Waals surface area contributed by atoms with Crippen LogP contribution in [0.5, 0.6) is 0 Å². The molecule has 2 amide bonds. The molecule has 8 heteroatoms. The second-order valence-electron chi connectivity index (χ2n) is 5.59. The molecule has 1 aromatic carbocycles. The Balaban J connectivity index is 1.89. The lowest BCUT2D eigenvalue weighted by molar-refractivity contribution is -0.133. The standard InChI is InChI=1S/C16H19F3N2O3/c1-24-9-6-13(22)21-7-4-10(5-8-21)20-16(23)11-2-3-12(17)15(19)14(11)18/h2-3,10H,4-9H2,1H3,(H,20,23). The van der Waals surface area contributed by atoms with Crippen LogP contribution in [-0.2, 0) is 9.53 Å². The number of likely N-dealkylation sites (tertiary alicyclic amines) is 1. The van der Waals surface area contributed by atoms with Crippen LogP contribution in [0.25, 0.3) is 0 Å². The highest BCUT2D eigenvalue weighted by atomic mass is 19.2. The van der Waals surface area contributed by atoms with Crippen molar-refractivity contribution in [2.75, 3.05) is 26.8 Å². The van der Waals surface area contributed by atoms with Gasteiger partial charge >= 0.3 is 0 Å². The van der Waals surface area contributed by atoms with E-state index in [1.54, 1.807) is 4.90 Å². The second-order valence-corrected chi connectivity index (χ2v) is 5.59. The number of hydrogen-bond donors (Lipinski definition) is 1. The number of carbonyl (C=O) groups is 2. The number of piperidine rings is 1. The Morgan fingerprint density at radius 3 is 2.50 bits per heavy atom. The van der Waals surface area contributed by atoms with Crippen LogP contribution in [0.3, 0.4) is 0 Å². The van der Waals surface area contributed by atoms with Gasteiger partial charge in [0, 0.05) is 26.2 Å². The number of hydrogen-bond acceptors (Lipinski definition) is 3. The van der Waals surface area contributed by atoms with E-state index in [-0.39, 0.29) is 11.9 Å². The van der Waals surface area contributed by atoms with Crippen molar-refractivity contribution in [2.24, 2.45) is 0 Å². The number of rotatable bonds is 5. The van der Waals surface area contributed by atoms with Crippen LogP contribution in [0.4, 0.5) is 13.2 Å². The minimum absolute atomic E-state index is 0.0201. The van der Waals surface area contributed by atoms with Crippen molar-refractivity contribution >= 4 is 11.8 Å². The third kappa shape index (κ3) is 4.25. The predicted octanol–water partition coefficient (Wildman–Crippen LogP) is 1.86. The van der Waals surface area contributed by atoms with Crippen LogP contribution in [0.15, 0.2) is 12.1 Å². The van der Waals surface area contributed by atoms with E-state index in [0.717, 1.165) is 6.07 Å². The fourth-order valence-corrected chi connectivity index (χ4v) is 2.59. The van der Waals surface area contributed by atoms with E-state index >= 15 is 0 Å². The molecular formula is C16H19F3N2O3. The van der Waals surface area contributed by atoms with Gasteiger partial charge in [0.25, 0.3) is 5.91 Å². The predicted molar refractivity (Wildman–Crippen MR) is 79.9 cm³/mol. The molecule has 0 saturated carbocycles. The SMILES string of the molecule is COCCC(=O)N1CCC(NC(=O)c2ccc(F)c(F)c2F)CC1. The first-order chi connectivity index (χ1) is 11.4. The topological polar surface area (TPSA) is 58.6 Å². The van der Waals surface area contributed by atoms with Gasteiger partial charge in [-0.05, 0) is 25.0 Å². The molecule has 1 saturated heterocycles. The first kappa shape index (κ1) is 18.3. The molecule has 1 aliphatic heterocycles. The Morgan fingerprint density at radius 1 is 1.21 bits per heavy atom. The minimum atomic E-state index is -1.67. The molecule has 1 aromatic rings. The summed E-state index contributed by atoms with van der Waals surface area (Å²) in [5, 5.41) is 2.59. The van der Waals surface area contributed by atoms with E-state index < -0.39 is 28.9 Å². The number of amides is 2. The molecule has 1 heterocycles. The Labute approximate surface area is 137 Å². The lowest BCUT2D eigenvalue weighted by Crippen LogP contribution is -2.46. The maximum atomic E-state index is 13.6. The molecule has 0 atom stereocenters. The Morgan fingerprint density at radius 2 is 1.88 bits per heavy atom. The van der Waals surface area contributed by atoms with Crippen LogP contribution < -0.4 is 5.32 Å². The molecule has 0 unspecified atom stereocenters. The summed E-state index contributed by atoms with van der Waals surface area (Å²) < 4.78 is 44.6. The molecular weight excluding hydrogens is 325 g/mol. The Hall–Kier alpha value is -2.09. The van der Waals surface area contributed by atoms with Gasteiger partial charge < -0.3 is 15.0 Å². The fraction of sp³-hybridized carbons (Fsp3) is 0.500. The van der Waals surface area contributed by atoms with Gasteiger partial charge in [0.2, 0.25) is 5.91 Å². The molecule has 24 heavy (non-hydrogen) atoms. The molecule has 0 spiro atoms. The summed E-state index contributed by atoms with van der Waals surface area (Å²) in [6.45, 7) is 1.28. The summed E-state index contributed by atoms with van der Waals surface area (Å²) in [6, 6.07) is 1.37. The van der Waals surface area contributed by atoms with Crippen molar-refractivity contribution < 1.29 is 27.5 Å². The summed E-state index contributed by atoms with van der Waals surface area (Å²) in [7, 11) is 1.52. The highest BCUT2D eigenvalue weighted by molar-refractivity contribution is 5.94. The molecule has 0 radical (unpaired) electrons. The summed E-state index contributed by atoms with van der Waals surface area (Å²) in [4.78, 5) is 25.6. The van der Waals surface area contributed by atoms with Gasteiger partial charge in [0.15, 0.2) is 17.5 Å². The zero-order chi connectivity index (χ0) is 17.7. The molecule has 2 rings (SSSR count). The smallest absolute Gasteiger partial charge is 0.254 e. The molecule has 0 aliphatic carbocycles. The molecule has 5 nitrogen and oxygen atoms in total. The van der Waals surface area contributed by atoms with Gasteiger partial charge in [-0.3, -0.25) is 9.59 Å². The van der Waals surface area contributed by atoms with Crippen molar-refractivity contribution in [1.82, 2.24) is 10.2 Å². The average Bonchev–Trinajstić information content (AvgIpc) is 2.58. The largest absolute Gasteiger partial charge is 0.384 e. The number of benzene rings is 1. The Kier molecular flexibility index (Phi) is 6.19. The van der Waals surface area contributed by atoms with Crippen molar-refractivity contribution in [3.63, 3.8) is 0 Å². The molecule has 1 aliphatic rings. The normalized spacial score (nSPS) is 15.4. The van der Waals surface area contributed by atoms with E-state index in [2.05, 4.69) is 5.32 Å². The number of nitrogens with one attached hydrogen (secondary N) is 1. The summed E-state index contributed by atoms with van der Waals surface area (Å²) in [5.74, 6) is -5.32. The van der Waals surface area contributed by atoms with Gasteiger partial charge in [-0.25, -0.2) is 13.2 Å². The van der Waals surface area contributed by atoms with E-state index in [1.165, 1.54) is 7.11 Å². The quantitative estimate of drug-likeness (QED) is 0.830. The van der Waals surface area contributed by atoms with Gasteiger partial charge in [-0.1, -0.05) is 0 Å². The summed E-state index contributed by atoms with van der Waals surface area (Å²) in [6.07, 6.45) is 1.32. The first-order valence-electron chi connectivity index (χ1n) is 7.65. The molecule has 1 fully saturated rings. The zero-order valence-electron chi connectivity index (χ0n) is 13.3. The molecule has 0 aromatic heterocycles. The van der Waals surface area contributed by atoms with Gasteiger partial charge in [-0.15, -0.1) is 0 Å². The molecule has 132 valence electrons. The average molecular weight is 344 g/mol. The number of nitrogens with zero attached hydrogens (tertiary/aromatic N) is 1. The zero-order valence-corrected chi connectivity index (χ0v) is 13.3. The van der Waals surface area contributed by atoms with Gasteiger partial charge in [0.05, 0.1) is 18.6 Å². The van der Waals surface area contributed by atoms with Gasteiger partial charge in [-0.2, -0.15) is 0 Å². The van der Waals surface area contributed by atoms with E-state index in [9.17, 15) is 22.8 Å². The van der Waals surface area contributed by atoms with E-state index in [0.29, 0.717) is 45.0 Å². The molecule has 0 bridgehead atoms. The summed E-state index contributed by atoms with van der Waals surface area (Å²) in [5.41, 5.74) is -0.535. The van der Waals surface area contributed by atoms with Crippen LogP contribution in [-0.4, -0.2) is 49.6 Å². The van der Waals surface area contributed by atoms with Crippen LogP contribution in [0.2, 0.25) is 0 Å². The van der Waals surface area contributed by atoms with Crippen LogP contribution in [0, 0.1) is 17.5 Å². The van der Waals surface area contributed by atoms with E-state index in [4.69, 9.17) is 4.74 Å². The van der Waals surface area contributed by atoms with Crippen LogP contribution >= 0.6 is 0 Å². The third-order valence-corrected chi connectivity index (χ3v) is 3.98. The first-order valence-corrected chi connectivity index (χ1v) is 7.65. The summed E-state index contributed by atoms with van der Waals surface area (Å²) >= 11 is 0. The van der Waals surface area contributed by atoms with Crippen molar-refractivity contribution in [2.45, 2.75) is 25.3 Å². The number of methoxy groups -OCH3 is 1. The van der Waals surface area contributed by atoms with Gasteiger partial charge in [0.1, 0.15) is 0 Å². The van der Waals surface area contributed by atoms with E-state index in [1.807, 2.05) is 0 Å². The molecule has 1 N–H and O–H groups in total. The number of carbonyl (C=O) groups excluding carboxylic acids is 2. The number of ether oxygens (including phenoxy) is 1. The highest BCUT2D eigenvalue weighted by Gasteiger charge is 2.25. The van der Waals surface area contributed by atoms with Crippen molar-refractivity contribution in [3.8, 4) is 0 Å². The maximum absolute atomic E-state index is 13.6. The monoisotopic (exact) mass is 344 g/mol. The highest BCUT2D eigenvalue weighted by Crippen LogP contribution is 2.17. The Bertz CT molecular complexity index is 617. The second kappa shape index (κ2) is 8.14. The number of halogens is 3. The minimum Gasteiger partial charge on any atom is -0.384 e. The lowest BCUT2D eigenvalue weighted by Gasteiger charge is -2.32. The van der Waals surface area contributed by atoms with Crippen molar-refractivity contribution in [1.29, 1.82) is 0 Å². The van der Waals surface area contributed by atoms with Crippen LogP contribution in [0.1, 0.15) is 29.6 Å². The maximum Gasteiger partial charge on any atom is 0.254 e. The van der Waals surface area contributed by atoms with Crippen molar-refractivity contribution in [3.05, 3.63) is 35.1 Å². The lowest BCUT2D eigenvalue weighted by atomic mass is 10.0. The third-order valence-electron chi connectivity index (χ3n) is 3.98. The fourth-order valence-electron chi connectivity index (χ4n) is 2.59.